The molecule has 0 saturated carbocycles. The largest absolute Gasteiger partial charge is 0.348 e. The molecule has 0 aliphatic heterocycles. The molecule has 1 rings (SSSR count). The Balaban J connectivity index is 2.85. The Morgan fingerprint density at radius 1 is 1.26 bits per heavy atom. The van der Waals surface area contributed by atoms with Crippen LogP contribution in [0.1, 0.15) is 52.1 Å². The van der Waals surface area contributed by atoms with Crippen LogP contribution in [0, 0.1) is 5.41 Å². The number of carbonyl (C=O) groups is 1. The number of hydrogen-bond acceptors (Lipinski definition) is 2. The van der Waals surface area contributed by atoms with Gasteiger partial charge in [0, 0.05) is 0 Å². The molecule has 0 saturated heterocycles. The maximum atomic E-state index is 12.0. The van der Waals surface area contributed by atoms with Crippen LogP contribution in [0.25, 0.3) is 0 Å². The molecule has 3 heteroatoms. The maximum absolute atomic E-state index is 12.0. The van der Waals surface area contributed by atoms with E-state index < -0.39 is 6.04 Å². The van der Waals surface area contributed by atoms with E-state index in [0.29, 0.717) is 6.42 Å². The van der Waals surface area contributed by atoms with Gasteiger partial charge in [-0.25, -0.2) is 0 Å². The molecule has 0 bridgehead atoms. The highest BCUT2D eigenvalue weighted by Crippen LogP contribution is 2.29. The molecule has 0 aliphatic rings. The van der Waals surface area contributed by atoms with Crippen LogP contribution in [0.2, 0.25) is 0 Å². The Kier molecular flexibility index (Phi) is 5.55. The minimum absolute atomic E-state index is 0.0197. The lowest BCUT2D eigenvalue weighted by Gasteiger charge is -2.28. The van der Waals surface area contributed by atoms with Crippen LogP contribution in [-0.4, -0.2) is 11.9 Å². The molecule has 0 heterocycles. The summed E-state index contributed by atoms with van der Waals surface area (Å²) in [6.45, 7) is 8.45. The second-order valence-corrected chi connectivity index (χ2v) is 6.25. The summed E-state index contributed by atoms with van der Waals surface area (Å²) in [6, 6.07) is 9.67. The molecule has 2 atom stereocenters. The highest BCUT2D eigenvalue weighted by Gasteiger charge is 2.23. The van der Waals surface area contributed by atoms with E-state index in [0.717, 1.165) is 12.0 Å². The summed E-state index contributed by atoms with van der Waals surface area (Å²) in [5, 5.41) is 3.08. The molecule has 0 spiro atoms. The molecule has 0 radical (unpaired) electrons. The fraction of sp³-hybridized carbons (Fsp3) is 0.562. The van der Waals surface area contributed by atoms with E-state index >= 15 is 0 Å². The highest BCUT2D eigenvalue weighted by atomic mass is 16.2. The summed E-state index contributed by atoms with van der Waals surface area (Å²) in [5.74, 6) is -0.0689. The van der Waals surface area contributed by atoms with Crippen LogP contribution >= 0.6 is 0 Å². The van der Waals surface area contributed by atoms with Crippen molar-refractivity contribution < 1.29 is 4.79 Å². The van der Waals surface area contributed by atoms with Crippen molar-refractivity contribution in [1.82, 2.24) is 5.32 Å². The van der Waals surface area contributed by atoms with Crippen molar-refractivity contribution in [1.29, 1.82) is 0 Å². The van der Waals surface area contributed by atoms with E-state index in [1.165, 1.54) is 0 Å². The third-order valence-corrected chi connectivity index (χ3v) is 3.11. The number of rotatable bonds is 5. The average Bonchev–Trinajstić information content (AvgIpc) is 2.36. The Labute approximate surface area is 116 Å². The average molecular weight is 262 g/mol. The molecule has 1 aromatic carbocycles. The number of amides is 1. The summed E-state index contributed by atoms with van der Waals surface area (Å²) in [4.78, 5) is 12.0. The third kappa shape index (κ3) is 5.43. The number of nitrogens with two attached hydrogens (primary N) is 1. The van der Waals surface area contributed by atoms with Gasteiger partial charge in [0.25, 0.3) is 0 Å². The predicted molar refractivity (Wildman–Crippen MR) is 79.7 cm³/mol. The first kappa shape index (κ1) is 15.7. The predicted octanol–water partition coefficient (Wildman–Crippen LogP) is 3.02. The van der Waals surface area contributed by atoms with Crippen molar-refractivity contribution in [2.75, 3.05) is 0 Å². The van der Waals surface area contributed by atoms with Crippen LogP contribution in [0.4, 0.5) is 0 Å². The normalized spacial score (nSPS) is 14.8. The van der Waals surface area contributed by atoms with Gasteiger partial charge in [0.15, 0.2) is 0 Å². The van der Waals surface area contributed by atoms with Crippen molar-refractivity contribution in [3.63, 3.8) is 0 Å². The van der Waals surface area contributed by atoms with E-state index in [4.69, 9.17) is 5.73 Å². The number of benzene rings is 1. The first-order valence-corrected chi connectivity index (χ1v) is 6.94. The van der Waals surface area contributed by atoms with Crippen molar-refractivity contribution >= 4 is 5.91 Å². The molecule has 1 amide bonds. The fourth-order valence-electron chi connectivity index (χ4n) is 2.01. The van der Waals surface area contributed by atoms with Gasteiger partial charge in [0.05, 0.1) is 12.1 Å². The van der Waals surface area contributed by atoms with Gasteiger partial charge in [-0.1, -0.05) is 58.0 Å². The Hall–Kier alpha value is -1.35. The first-order chi connectivity index (χ1) is 8.83. The highest BCUT2D eigenvalue weighted by molar-refractivity contribution is 5.81. The number of hydrogen-bond donors (Lipinski definition) is 2. The van der Waals surface area contributed by atoms with E-state index in [-0.39, 0.29) is 17.4 Å². The standard InChI is InChI=1S/C16H26N2O/c1-5-13(17)15(19)18-14(11-16(2,3)4)12-9-7-6-8-10-12/h6-10,13-14H,5,11,17H2,1-4H3,(H,18,19)/t13-,14?/m0/s1. The first-order valence-electron chi connectivity index (χ1n) is 6.94. The molecule has 0 fully saturated rings. The molecule has 19 heavy (non-hydrogen) atoms. The zero-order valence-electron chi connectivity index (χ0n) is 12.4. The van der Waals surface area contributed by atoms with E-state index in [1.54, 1.807) is 0 Å². The molecular weight excluding hydrogens is 236 g/mol. The summed E-state index contributed by atoms with van der Waals surface area (Å²) in [6.07, 6.45) is 1.54. The molecule has 1 unspecified atom stereocenters. The summed E-state index contributed by atoms with van der Waals surface area (Å²) in [5.41, 5.74) is 7.07. The van der Waals surface area contributed by atoms with E-state index in [1.807, 2.05) is 37.3 Å². The second-order valence-electron chi connectivity index (χ2n) is 6.25. The monoisotopic (exact) mass is 262 g/mol. The van der Waals surface area contributed by atoms with Gasteiger partial charge in [-0.05, 0) is 23.8 Å². The van der Waals surface area contributed by atoms with Crippen LogP contribution < -0.4 is 11.1 Å². The van der Waals surface area contributed by atoms with Gasteiger partial charge in [-0.15, -0.1) is 0 Å². The number of nitrogens with one attached hydrogen (secondary N) is 1. The van der Waals surface area contributed by atoms with Gasteiger partial charge >= 0.3 is 0 Å². The Morgan fingerprint density at radius 2 is 1.84 bits per heavy atom. The van der Waals surface area contributed by atoms with Gasteiger partial charge in [0.1, 0.15) is 0 Å². The molecule has 0 aromatic heterocycles. The summed E-state index contributed by atoms with van der Waals surface area (Å²) < 4.78 is 0. The SMILES string of the molecule is CC[C@H](N)C(=O)NC(CC(C)(C)C)c1ccccc1. The van der Waals surface area contributed by atoms with E-state index in [9.17, 15) is 4.79 Å². The summed E-state index contributed by atoms with van der Waals surface area (Å²) in [7, 11) is 0. The van der Waals surface area contributed by atoms with Gasteiger partial charge < -0.3 is 11.1 Å². The smallest absolute Gasteiger partial charge is 0.237 e. The topological polar surface area (TPSA) is 55.1 Å². The van der Waals surface area contributed by atoms with Crippen molar-refractivity contribution in [3.8, 4) is 0 Å². The van der Waals surface area contributed by atoms with E-state index in [2.05, 4.69) is 26.1 Å². The van der Waals surface area contributed by atoms with Crippen molar-refractivity contribution in [2.45, 2.75) is 52.6 Å². The van der Waals surface area contributed by atoms with Crippen molar-refractivity contribution in [3.05, 3.63) is 35.9 Å². The Morgan fingerprint density at radius 3 is 2.32 bits per heavy atom. The number of carbonyl (C=O) groups excluding carboxylic acids is 1. The van der Waals surface area contributed by atoms with Gasteiger partial charge in [-0.3, -0.25) is 4.79 Å². The lowest BCUT2D eigenvalue weighted by Crippen LogP contribution is -2.42. The Bertz CT molecular complexity index is 395. The lowest BCUT2D eigenvalue weighted by molar-refractivity contribution is -0.123. The molecule has 3 nitrogen and oxygen atoms in total. The van der Waals surface area contributed by atoms with Gasteiger partial charge in [-0.2, -0.15) is 0 Å². The minimum Gasteiger partial charge on any atom is -0.348 e. The van der Waals surface area contributed by atoms with Crippen LogP contribution in [-0.2, 0) is 4.79 Å². The van der Waals surface area contributed by atoms with Crippen LogP contribution in [0.5, 0.6) is 0 Å². The zero-order valence-corrected chi connectivity index (χ0v) is 12.4. The fourth-order valence-corrected chi connectivity index (χ4v) is 2.01. The molecule has 106 valence electrons. The molecule has 3 N–H and O–H groups in total. The van der Waals surface area contributed by atoms with Crippen LogP contribution in [0.3, 0.4) is 0 Å². The van der Waals surface area contributed by atoms with Gasteiger partial charge in [0.2, 0.25) is 5.91 Å². The maximum Gasteiger partial charge on any atom is 0.237 e. The third-order valence-electron chi connectivity index (χ3n) is 3.11. The second kappa shape index (κ2) is 6.71. The summed E-state index contributed by atoms with van der Waals surface area (Å²) >= 11 is 0. The quantitative estimate of drug-likeness (QED) is 0.857. The minimum atomic E-state index is -0.425. The molecular formula is C16H26N2O. The lowest BCUT2D eigenvalue weighted by atomic mass is 9.85. The van der Waals surface area contributed by atoms with Crippen molar-refractivity contribution in [2.24, 2.45) is 11.1 Å². The molecule has 0 aliphatic carbocycles. The molecule has 1 aromatic rings. The van der Waals surface area contributed by atoms with Crippen LogP contribution in [0.15, 0.2) is 30.3 Å². The zero-order chi connectivity index (χ0) is 14.5.